The van der Waals surface area contributed by atoms with Gasteiger partial charge >= 0.3 is 6.18 Å². The van der Waals surface area contributed by atoms with Crippen molar-refractivity contribution in [3.05, 3.63) is 29.1 Å². The van der Waals surface area contributed by atoms with E-state index in [1.165, 1.54) is 0 Å². The van der Waals surface area contributed by atoms with Gasteiger partial charge in [-0.05, 0) is 55.1 Å². The first-order chi connectivity index (χ1) is 17.6. The van der Waals surface area contributed by atoms with Gasteiger partial charge in [0, 0.05) is 64.6 Å². The van der Waals surface area contributed by atoms with Gasteiger partial charge in [-0.1, -0.05) is 6.92 Å². The zero-order valence-corrected chi connectivity index (χ0v) is 21.6. The third-order valence-electron chi connectivity index (χ3n) is 9.08. The largest absolute Gasteiger partial charge is 0.417 e. The SMILES string of the molecule is CCC(=O)N1C[C@@H]2C[C@@H](CC3CCOCC3OC)C[C@]2(C(=O)N2CCc3ncc(C(F)(F)F)cc3C2)C1. The quantitative estimate of drug-likeness (QED) is 0.589. The lowest BCUT2D eigenvalue weighted by atomic mass is 9.78. The lowest BCUT2D eigenvalue weighted by Crippen LogP contribution is -2.49. The van der Waals surface area contributed by atoms with E-state index in [0.717, 1.165) is 31.5 Å². The number of halogens is 3. The zero-order valence-electron chi connectivity index (χ0n) is 21.6. The molecule has 0 radical (unpaired) electrons. The number of pyridine rings is 1. The number of carbonyl (C=O) groups is 2. The number of fused-ring (bicyclic) bond motifs is 2. The summed E-state index contributed by atoms with van der Waals surface area (Å²) in [7, 11) is 1.71. The molecule has 4 heterocycles. The molecular formula is C27H36F3N3O4. The number of nitrogens with zero attached hydrogens (tertiary/aromatic N) is 3. The van der Waals surface area contributed by atoms with Gasteiger partial charge in [-0.2, -0.15) is 13.2 Å². The molecule has 0 spiro atoms. The molecule has 2 saturated heterocycles. The van der Waals surface area contributed by atoms with Gasteiger partial charge in [-0.25, -0.2) is 0 Å². The van der Waals surface area contributed by atoms with Crippen molar-refractivity contribution in [3.8, 4) is 0 Å². The van der Waals surface area contributed by atoms with Gasteiger partial charge in [0.05, 0.1) is 23.7 Å². The van der Waals surface area contributed by atoms with E-state index in [1.807, 2.05) is 11.8 Å². The number of rotatable bonds is 5. The summed E-state index contributed by atoms with van der Waals surface area (Å²) in [5.74, 6) is 0.790. The number of carbonyl (C=O) groups excluding carboxylic acids is 2. The van der Waals surface area contributed by atoms with Crippen LogP contribution in [0, 0.1) is 23.2 Å². The van der Waals surface area contributed by atoms with E-state index in [4.69, 9.17) is 9.47 Å². The summed E-state index contributed by atoms with van der Waals surface area (Å²) in [6.07, 6.45) is 0.719. The molecule has 0 N–H and O–H groups in total. The topological polar surface area (TPSA) is 72.0 Å². The second-order valence-corrected chi connectivity index (χ2v) is 11.2. The number of ether oxygens (including phenoxy) is 2. The van der Waals surface area contributed by atoms with Crippen LogP contribution in [-0.4, -0.2) is 72.7 Å². The summed E-state index contributed by atoms with van der Waals surface area (Å²) in [5, 5.41) is 0. The van der Waals surface area contributed by atoms with Crippen LogP contribution in [0.4, 0.5) is 13.2 Å². The maximum atomic E-state index is 14.2. The first kappa shape index (κ1) is 26.4. The zero-order chi connectivity index (χ0) is 26.4. The van der Waals surface area contributed by atoms with E-state index in [2.05, 4.69) is 4.98 Å². The Labute approximate surface area is 215 Å². The molecule has 1 aromatic rings. The molecule has 2 unspecified atom stereocenters. The van der Waals surface area contributed by atoms with Crippen LogP contribution in [0.3, 0.4) is 0 Å². The molecule has 1 saturated carbocycles. The molecule has 5 rings (SSSR count). The van der Waals surface area contributed by atoms with Crippen LogP contribution in [0.25, 0.3) is 0 Å². The Morgan fingerprint density at radius 3 is 2.84 bits per heavy atom. The minimum Gasteiger partial charge on any atom is -0.379 e. The number of alkyl halides is 3. The molecule has 10 heteroatoms. The molecule has 204 valence electrons. The first-order valence-corrected chi connectivity index (χ1v) is 13.4. The Morgan fingerprint density at radius 1 is 1.30 bits per heavy atom. The Hall–Kier alpha value is -2.20. The van der Waals surface area contributed by atoms with Gasteiger partial charge in [0.15, 0.2) is 0 Å². The Bertz CT molecular complexity index is 1030. The minimum absolute atomic E-state index is 0.0234. The Kier molecular flexibility index (Phi) is 7.26. The van der Waals surface area contributed by atoms with E-state index < -0.39 is 17.2 Å². The fraction of sp³-hybridized carbons (Fsp3) is 0.741. The van der Waals surface area contributed by atoms with Crippen molar-refractivity contribution >= 4 is 11.8 Å². The summed E-state index contributed by atoms with van der Waals surface area (Å²) in [5.41, 5.74) is -0.394. The highest BCUT2D eigenvalue weighted by molar-refractivity contribution is 5.86. The molecule has 7 nitrogen and oxygen atoms in total. The highest BCUT2D eigenvalue weighted by Crippen LogP contribution is 2.54. The van der Waals surface area contributed by atoms with Crippen molar-refractivity contribution in [2.75, 3.05) is 40.0 Å². The van der Waals surface area contributed by atoms with Gasteiger partial charge in [0.25, 0.3) is 0 Å². The molecule has 4 aliphatic rings. The average molecular weight is 524 g/mol. The van der Waals surface area contributed by atoms with Gasteiger partial charge in [-0.3, -0.25) is 14.6 Å². The van der Waals surface area contributed by atoms with E-state index in [1.54, 1.807) is 12.0 Å². The Morgan fingerprint density at radius 2 is 2.11 bits per heavy atom. The van der Waals surface area contributed by atoms with Crippen LogP contribution in [-0.2, 0) is 38.2 Å². The predicted molar refractivity (Wildman–Crippen MR) is 128 cm³/mol. The van der Waals surface area contributed by atoms with Crippen molar-refractivity contribution in [2.24, 2.45) is 23.2 Å². The van der Waals surface area contributed by atoms with Crippen LogP contribution in [0.1, 0.15) is 55.8 Å². The Balaban J connectivity index is 1.37. The third kappa shape index (κ3) is 4.99. The average Bonchev–Trinajstić information content (AvgIpc) is 3.41. The van der Waals surface area contributed by atoms with Crippen LogP contribution >= 0.6 is 0 Å². The van der Waals surface area contributed by atoms with Crippen LogP contribution < -0.4 is 0 Å². The van der Waals surface area contributed by atoms with Gasteiger partial charge in [0.1, 0.15) is 0 Å². The van der Waals surface area contributed by atoms with Crippen molar-refractivity contribution in [2.45, 2.75) is 64.3 Å². The maximum absolute atomic E-state index is 14.2. The number of hydrogen-bond donors (Lipinski definition) is 0. The van der Waals surface area contributed by atoms with Crippen LogP contribution in [0.15, 0.2) is 12.3 Å². The first-order valence-electron chi connectivity index (χ1n) is 13.4. The number of aromatic nitrogens is 1. The molecule has 1 aliphatic carbocycles. The van der Waals surface area contributed by atoms with Crippen molar-refractivity contribution in [3.63, 3.8) is 0 Å². The van der Waals surface area contributed by atoms with Gasteiger partial charge in [0.2, 0.25) is 11.8 Å². The fourth-order valence-electron chi connectivity index (χ4n) is 7.21. The highest BCUT2D eigenvalue weighted by atomic mass is 19.4. The highest BCUT2D eigenvalue weighted by Gasteiger charge is 2.59. The number of methoxy groups -OCH3 is 1. The normalized spacial score (nSPS) is 31.8. The molecule has 37 heavy (non-hydrogen) atoms. The molecule has 3 fully saturated rings. The van der Waals surface area contributed by atoms with Crippen molar-refractivity contribution in [1.82, 2.24) is 14.8 Å². The third-order valence-corrected chi connectivity index (χ3v) is 9.08. The lowest BCUT2D eigenvalue weighted by Gasteiger charge is -2.37. The van der Waals surface area contributed by atoms with Gasteiger partial charge < -0.3 is 19.3 Å². The lowest BCUT2D eigenvalue weighted by molar-refractivity contribution is -0.144. The fourth-order valence-corrected chi connectivity index (χ4v) is 7.21. The summed E-state index contributed by atoms with van der Waals surface area (Å²) < 4.78 is 51.2. The summed E-state index contributed by atoms with van der Waals surface area (Å²) in [6.45, 7) is 4.64. The molecule has 5 atom stereocenters. The second-order valence-electron chi connectivity index (χ2n) is 11.2. The molecule has 0 bridgehead atoms. The van der Waals surface area contributed by atoms with Gasteiger partial charge in [-0.15, -0.1) is 0 Å². The van der Waals surface area contributed by atoms with E-state index >= 15 is 0 Å². The van der Waals surface area contributed by atoms with E-state index in [9.17, 15) is 22.8 Å². The summed E-state index contributed by atoms with van der Waals surface area (Å²) in [4.78, 5) is 34.4. The molecule has 0 aromatic carbocycles. The standard InChI is InChI=1S/C27H36F3N3O4/c1-3-24(34)33-14-21-9-17(8-18-5-7-37-15-23(18)36-2)11-26(21,16-33)25(35)32-6-4-22-19(13-32)10-20(12-31-22)27(28,29)30/h10,12,17-18,21,23H,3-9,11,13-16H2,1-2H3/t17-,18?,21+,23?,26+/m1/s1. The summed E-state index contributed by atoms with van der Waals surface area (Å²) in [6, 6.07) is 1.13. The van der Waals surface area contributed by atoms with Crippen LogP contribution in [0.2, 0.25) is 0 Å². The molecular weight excluding hydrogens is 487 g/mol. The van der Waals surface area contributed by atoms with E-state index in [-0.39, 0.29) is 30.4 Å². The molecule has 3 aliphatic heterocycles. The van der Waals surface area contributed by atoms with Crippen molar-refractivity contribution in [1.29, 1.82) is 0 Å². The smallest absolute Gasteiger partial charge is 0.379 e. The van der Waals surface area contributed by atoms with E-state index in [0.29, 0.717) is 75.2 Å². The second kappa shape index (κ2) is 10.2. The summed E-state index contributed by atoms with van der Waals surface area (Å²) >= 11 is 0. The maximum Gasteiger partial charge on any atom is 0.417 e. The number of amides is 2. The number of likely N-dealkylation sites (tertiary alicyclic amines) is 1. The molecule has 2 amide bonds. The van der Waals surface area contributed by atoms with Crippen molar-refractivity contribution < 1.29 is 32.2 Å². The minimum atomic E-state index is -4.48. The predicted octanol–water partition coefficient (Wildman–Crippen LogP) is 3.69. The number of hydrogen-bond acceptors (Lipinski definition) is 5. The monoisotopic (exact) mass is 523 g/mol. The molecule has 1 aromatic heterocycles. The van der Waals surface area contributed by atoms with Crippen LogP contribution in [0.5, 0.6) is 0 Å².